The summed E-state index contributed by atoms with van der Waals surface area (Å²) in [5.74, 6) is -2.06. The first-order valence-electron chi connectivity index (χ1n) is 8.81. The topological polar surface area (TPSA) is 89.9 Å². The predicted molar refractivity (Wildman–Crippen MR) is 92.2 cm³/mol. The maximum atomic E-state index is 14.0. The van der Waals surface area contributed by atoms with Crippen LogP contribution in [0.5, 0.6) is 0 Å². The maximum absolute atomic E-state index is 14.0. The van der Waals surface area contributed by atoms with E-state index in [-0.39, 0.29) is 17.6 Å². The average Bonchev–Trinajstić information content (AvgIpc) is 2.64. The van der Waals surface area contributed by atoms with E-state index in [1.807, 2.05) is 0 Å². The lowest BCUT2D eigenvalue weighted by atomic mass is 9.97. The van der Waals surface area contributed by atoms with Crippen LogP contribution in [0.3, 0.4) is 0 Å². The van der Waals surface area contributed by atoms with Gasteiger partial charge in [-0.15, -0.1) is 0 Å². The molecule has 0 aromatic heterocycles. The molecule has 1 atom stereocenters. The number of carboxylic acid groups (broad SMARTS) is 1. The van der Waals surface area contributed by atoms with Crippen molar-refractivity contribution in [1.82, 2.24) is 10.2 Å². The fourth-order valence-electron chi connectivity index (χ4n) is 3.49. The molecule has 0 bridgehead atoms. The van der Waals surface area contributed by atoms with Gasteiger partial charge in [0.2, 0.25) is 5.91 Å². The Morgan fingerprint density at radius 2 is 1.81 bits per heavy atom. The van der Waals surface area contributed by atoms with Gasteiger partial charge in [-0.25, -0.2) is 9.18 Å². The van der Waals surface area contributed by atoms with E-state index in [2.05, 4.69) is 5.32 Å². The normalized spacial score (nSPS) is 21.6. The van der Waals surface area contributed by atoms with Gasteiger partial charge in [0, 0.05) is 19.6 Å². The third-order valence-corrected chi connectivity index (χ3v) is 5.01. The van der Waals surface area contributed by atoms with Gasteiger partial charge >= 0.3 is 12.0 Å². The number of hydrogen-bond donors (Lipinski definition) is 2. The van der Waals surface area contributed by atoms with Gasteiger partial charge in [-0.3, -0.25) is 9.59 Å². The largest absolute Gasteiger partial charge is 0.481 e. The van der Waals surface area contributed by atoms with Gasteiger partial charge in [0.15, 0.2) is 0 Å². The number of carboxylic acids is 1. The first-order valence-corrected chi connectivity index (χ1v) is 8.81. The highest BCUT2D eigenvalue weighted by atomic mass is 19.1. The zero-order chi connectivity index (χ0) is 18.7. The van der Waals surface area contributed by atoms with Gasteiger partial charge < -0.3 is 20.2 Å². The molecule has 2 aliphatic heterocycles. The second-order valence-electron chi connectivity index (χ2n) is 6.69. The smallest absolute Gasteiger partial charge is 0.318 e. The number of nitrogens with zero attached hydrogens (tertiary/aromatic N) is 2. The first-order chi connectivity index (χ1) is 12.5. The van der Waals surface area contributed by atoms with Gasteiger partial charge in [0.1, 0.15) is 11.9 Å². The highest BCUT2D eigenvalue weighted by Crippen LogP contribution is 2.24. The summed E-state index contributed by atoms with van der Waals surface area (Å²) in [5.41, 5.74) is 0.221. The molecule has 0 aliphatic carbocycles. The van der Waals surface area contributed by atoms with E-state index in [0.717, 1.165) is 0 Å². The molecule has 0 radical (unpaired) electrons. The molecule has 2 aliphatic rings. The Morgan fingerprint density at radius 3 is 2.46 bits per heavy atom. The molecule has 2 saturated heterocycles. The summed E-state index contributed by atoms with van der Waals surface area (Å²) < 4.78 is 14.0. The van der Waals surface area contributed by atoms with Crippen molar-refractivity contribution in [2.75, 3.05) is 24.5 Å². The monoisotopic (exact) mass is 363 g/mol. The number of nitrogens with one attached hydrogen (secondary N) is 1. The highest BCUT2D eigenvalue weighted by Gasteiger charge is 2.34. The van der Waals surface area contributed by atoms with E-state index < -0.39 is 23.7 Å². The molecule has 26 heavy (non-hydrogen) atoms. The number of likely N-dealkylation sites (tertiary alicyclic amines) is 1. The molecule has 8 heteroatoms. The minimum absolute atomic E-state index is 0.221. The maximum Gasteiger partial charge on any atom is 0.318 e. The Hall–Kier alpha value is -2.64. The number of para-hydroxylation sites is 1. The average molecular weight is 363 g/mol. The lowest BCUT2D eigenvalue weighted by Gasteiger charge is -2.35. The quantitative estimate of drug-likeness (QED) is 0.857. The van der Waals surface area contributed by atoms with Crippen LogP contribution in [-0.2, 0) is 9.59 Å². The van der Waals surface area contributed by atoms with Gasteiger partial charge in [-0.1, -0.05) is 12.1 Å². The molecular weight excluding hydrogens is 341 g/mol. The number of hydrogen-bond acceptors (Lipinski definition) is 3. The number of anilines is 1. The van der Waals surface area contributed by atoms with Crippen molar-refractivity contribution in [2.45, 2.75) is 31.7 Å². The third kappa shape index (κ3) is 3.79. The Bertz CT molecular complexity index is 703. The fourth-order valence-corrected chi connectivity index (χ4v) is 3.49. The molecule has 2 heterocycles. The van der Waals surface area contributed by atoms with Crippen LogP contribution in [0, 0.1) is 11.7 Å². The second kappa shape index (κ2) is 7.72. The summed E-state index contributed by atoms with van der Waals surface area (Å²) in [5, 5.41) is 11.7. The second-order valence-corrected chi connectivity index (χ2v) is 6.69. The molecular formula is C18H22FN3O4. The summed E-state index contributed by atoms with van der Waals surface area (Å²) in [6.07, 6.45) is 1.97. The van der Waals surface area contributed by atoms with Gasteiger partial charge in [-0.2, -0.15) is 0 Å². The summed E-state index contributed by atoms with van der Waals surface area (Å²) >= 11 is 0. The fraction of sp³-hybridized carbons (Fsp3) is 0.500. The summed E-state index contributed by atoms with van der Waals surface area (Å²) in [6, 6.07) is 5.01. The minimum Gasteiger partial charge on any atom is -0.481 e. The van der Waals surface area contributed by atoms with Gasteiger partial charge in [0.25, 0.3) is 0 Å². The summed E-state index contributed by atoms with van der Waals surface area (Å²) in [7, 11) is 0. The van der Waals surface area contributed by atoms with E-state index in [0.29, 0.717) is 45.3 Å². The van der Waals surface area contributed by atoms with Crippen LogP contribution in [0.4, 0.5) is 14.9 Å². The van der Waals surface area contributed by atoms with E-state index in [4.69, 9.17) is 5.11 Å². The summed E-state index contributed by atoms with van der Waals surface area (Å²) in [4.78, 5) is 39.0. The van der Waals surface area contributed by atoms with Crippen molar-refractivity contribution in [2.24, 2.45) is 5.92 Å². The molecule has 3 rings (SSSR count). The molecule has 3 amide bonds. The van der Waals surface area contributed by atoms with Crippen molar-refractivity contribution in [1.29, 1.82) is 0 Å². The first kappa shape index (κ1) is 18.2. The van der Waals surface area contributed by atoms with Crippen molar-refractivity contribution in [3.8, 4) is 0 Å². The number of amides is 3. The standard InChI is InChI=1S/C18H22FN3O4/c19-13-4-1-2-6-15(13)22-9-3-5-14(16(22)23)20-18(26)21-10-7-12(8-11-21)17(24)25/h1-2,4,6,12,14H,3,5,7-11H2,(H,20,26)(H,24,25). The van der Waals surface area contributed by atoms with Crippen molar-refractivity contribution < 1.29 is 23.9 Å². The van der Waals surface area contributed by atoms with E-state index in [1.54, 1.807) is 18.2 Å². The molecule has 0 saturated carbocycles. The molecule has 2 N–H and O–H groups in total. The lowest BCUT2D eigenvalue weighted by molar-refractivity contribution is -0.143. The number of rotatable bonds is 3. The van der Waals surface area contributed by atoms with E-state index in [9.17, 15) is 18.8 Å². The van der Waals surface area contributed by atoms with Gasteiger partial charge in [0.05, 0.1) is 11.6 Å². The molecule has 2 fully saturated rings. The van der Waals surface area contributed by atoms with Crippen molar-refractivity contribution >= 4 is 23.6 Å². The van der Waals surface area contributed by atoms with Crippen LogP contribution in [0.25, 0.3) is 0 Å². The molecule has 140 valence electrons. The number of urea groups is 1. The number of benzene rings is 1. The Morgan fingerprint density at radius 1 is 1.12 bits per heavy atom. The number of halogens is 1. The van der Waals surface area contributed by atoms with Crippen LogP contribution >= 0.6 is 0 Å². The van der Waals surface area contributed by atoms with Crippen LogP contribution in [0.2, 0.25) is 0 Å². The number of aliphatic carboxylic acids is 1. The van der Waals surface area contributed by atoms with E-state index in [1.165, 1.54) is 15.9 Å². The Balaban J connectivity index is 1.61. The van der Waals surface area contributed by atoms with Crippen LogP contribution in [-0.4, -0.2) is 53.6 Å². The SMILES string of the molecule is O=C(O)C1CCN(C(=O)NC2CCCN(c3ccccc3F)C2=O)CC1. The van der Waals surface area contributed by atoms with E-state index >= 15 is 0 Å². The summed E-state index contributed by atoms with van der Waals surface area (Å²) in [6.45, 7) is 1.11. The van der Waals surface area contributed by atoms with Crippen molar-refractivity contribution in [3.05, 3.63) is 30.1 Å². The van der Waals surface area contributed by atoms with Crippen LogP contribution in [0.15, 0.2) is 24.3 Å². The zero-order valence-electron chi connectivity index (χ0n) is 14.4. The molecule has 1 aromatic carbocycles. The lowest BCUT2D eigenvalue weighted by Crippen LogP contribution is -2.56. The molecule has 1 aromatic rings. The number of piperidine rings is 2. The minimum atomic E-state index is -0.840. The number of carbonyl (C=O) groups excluding carboxylic acids is 2. The van der Waals surface area contributed by atoms with Crippen molar-refractivity contribution in [3.63, 3.8) is 0 Å². The Labute approximate surface area is 150 Å². The third-order valence-electron chi connectivity index (χ3n) is 5.01. The van der Waals surface area contributed by atoms with Crippen LogP contribution < -0.4 is 10.2 Å². The van der Waals surface area contributed by atoms with Gasteiger partial charge in [-0.05, 0) is 37.8 Å². The molecule has 7 nitrogen and oxygen atoms in total. The molecule has 0 spiro atoms. The highest BCUT2D eigenvalue weighted by molar-refractivity contribution is 5.99. The zero-order valence-corrected chi connectivity index (χ0v) is 14.4. The molecule has 1 unspecified atom stereocenters. The number of carbonyl (C=O) groups is 3. The van der Waals surface area contributed by atoms with Crippen LogP contribution in [0.1, 0.15) is 25.7 Å². The predicted octanol–water partition coefficient (Wildman–Crippen LogP) is 1.83. The Kier molecular flexibility index (Phi) is 5.39.